The molecular formula is C13H21N3O2S. The summed E-state index contributed by atoms with van der Waals surface area (Å²) in [4.78, 5) is 2.13. The predicted octanol–water partition coefficient (Wildman–Crippen LogP) is 1.54. The van der Waals surface area contributed by atoms with Crippen LogP contribution in [0.4, 0.5) is 11.4 Å². The van der Waals surface area contributed by atoms with Gasteiger partial charge in [0.2, 0.25) is 10.0 Å². The van der Waals surface area contributed by atoms with Gasteiger partial charge in [-0.3, -0.25) is 0 Å². The SMILES string of the molecule is CN(CC1CCCC1)c1cc(N)cc(S(N)(=O)=O)c1. The fraction of sp³-hybridized carbons (Fsp3) is 0.538. The molecule has 0 saturated heterocycles. The highest BCUT2D eigenvalue weighted by Crippen LogP contribution is 2.28. The van der Waals surface area contributed by atoms with Crippen molar-refractivity contribution in [1.82, 2.24) is 0 Å². The largest absolute Gasteiger partial charge is 0.399 e. The number of nitrogen functional groups attached to an aromatic ring is 1. The van der Waals surface area contributed by atoms with Gasteiger partial charge in [0.25, 0.3) is 0 Å². The summed E-state index contributed by atoms with van der Waals surface area (Å²) in [6.45, 7) is 0.924. The molecule has 0 atom stereocenters. The Bertz CT molecular complexity index is 551. The third-order valence-corrected chi connectivity index (χ3v) is 4.58. The van der Waals surface area contributed by atoms with Crippen molar-refractivity contribution in [2.75, 3.05) is 24.2 Å². The predicted molar refractivity (Wildman–Crippen MR) is 77.5 cm³/mol. The molecule has 0 aliphatic heterocycles. The Morgan fingerprint density at radius 1 is 1.26 bits per heavy atom. The first-order valence-corrected chi connectivity index (χ1v) is 8.05. The summed E-state index contributed by atoms with van der Waals surface area (Å²) in [5, 5.41) is 5.16. The molecule has 1 aliphatic carbocycles. The van der Waals surface area contributed by atoms with Crippen LogP contribution in [0.15, 0.2) is 23.1 Å². The molecule has 1 aliphatic rings. The van der Waals surface area contributed by atoms with Crippen molar-refractivity contribution in [1.29, 1.82) is 0 Å². The Morgan fingerprint density at radius 3 is 2.47 bits per heavy atom. The van der Waals surface area contributed by atoms with Gasteiger partial charge in [-0.05, 0) is 37.0 Å². The van der Waals surface area contributed by atoms with E-state index >= 15 is 0 Å². The molecule has 0 amide bonds. The highest BCUT2D eigenvalue weighted by atomic mass is 32.2. The van der Waals surface area contributed by atoms with E-state index in [0.29, 0.717) is 11.6 Å². The number of nitrogens with two attached hydrogens (primary N) is 2. The second kappa shape index (κ2) is 5.38. The van der Waals surface area contributed by atoms with Crippen LogP contribution in [-0.2, 0) is 10.0 Å². The van der Waals surface area contributed by atoms with Crippen molar-refractivity contribution in [3.8, 4) is 0 Å². The average molecular weight is 283 g/mol. The number of benzene rings is 1. The van der Waals surface area contributed by atoms with Gasteiger partial charge in [0, 0.05) is 25.0 Å². The zero-order chi connectivity index (χ0) is 14.0. The molecule has 4 N–H and O–H groups in total. The second-order valence-corrected chi connectivity index (χ2v) is 6.90. The summed E-state index contributed by atoms with van der Waals surface area (Å²) in [7, 11) is -1.76. The monoisotopic (exact) mass is 283 g/mol. The normalized spacial score (nSPS) is 16.7. The number of primary sulfonamides is 1. The van der Waals surface area contributed by atoms with Crippen LogP contribution in [0.1, 0.15) is 25.7 Å². The fourth-order valence-electron chi connectivity index (χ4n) is 2.68. The number of sulfonamides is 1. The molecule has 1 aromatic carbocycles. The minimum absolute atomic E-state index is 0.0702. The minimum atomic E-state index is -3.72. The fourth-order valence-corrected chi connectivity index (χ4v) is 3.26. The number of hydrogen-bond donors (Lipinski definition) is 2. The topological polar surface area (TPSA) is 89.4 Å². The molecule has 0 unspecified atom stereocenters. The van der Waals surface area contributed by atoms with Crippen LogP contribution in [0.25, 0.3) is 0 Å². The van der Waals surface area contributed by atoms with Crippen LogP contribution in [0.5, 0.6) is 0 Å². The van der Waals surface area contributed by atoms with Crippen LogP contribution in [-0.4, -0.2) is 22.0 Å². The van der Waals surface area contributed by atoms with E-state index in [1.54, 1.807) is 12.1 Å². The van der Waals surface area contributed by atoms with Crippen molar-refractivity contribution >= 4 is 21.4 Å². The standard InChI is InChI=1S/C13H21N3O2S/c1-16(9-10-4-2-3-5-10)12-6-11(14)7-13(8-12)19(15,17)18/h6-8,10H,2-5,9,14H2,1H3,(H2,15,17,18). The van der Waals surface area contributed by atoms with Gasteiger partial charge in [-0.1, -0.05) is 12.8 Å². The summed E-state index contributed by atoms with van der Waals surface area (Å²) in [5.74, 6) is 0.685. The lowest BCUT2D eigenvalue weighted by Crippen LogP contribution is -2.24. The molecule has 0 bridgehead atoms. The zero-order valence-corrected chi connectivity index (χ0v) is 12.0. The van der Waals surface area contributed by atoms with Gasteiger partial charge in [-0.2, -0.15) is 0 Å². The summed E-state index contributed by atoms with van der Waals surface area (Å²) in [5.41, 5.74) is 6.97. The molecule has 1 fully saturated rings. The van der Waals surface area contributed by atoms with E-state index in [-0.39, 0.29) is 4.90 Å². The maximum atomic E-state index is 11.4. The van der Waals surface area contributed by atoms with Crippen molar-refractivity contribution < 1.29 is 8.42 Å². The molecule has 1 saturated carbocycles. The molecule has 6 heteroatoms. The second-order valence-electron chi connectivity index (χ2n) is 5.34. The van der Waals surface area contributed by atoms with E-state index in [4.69, 9.17) is 10.9 Å². The molecule has 1 aromatic rings. The first-order chi connectivity index (χ1) is 8.86. The van der Waals surface area contributed by atoms with E-state index in [2.05, 4.69) is 4.90 Å². The quantitative estimate of drug-likeness (QED) is 0.820. The summed E-state index contributed by atoms with van der Waals surface area (Å²) >= 11 is 0. The van der Waals surface area contributed by atoms with Crippen LogP contribution in [0.2, 0.25) is 0 Å². The first-order valence-electron chi connectivity index (χ1n) is 6.51. The highest BCUT2D eigenvalue weighted by molar-refractivity contribution is 7.89. The van der Waals surface area contributed by atoms with E-state index in [9.17, 15) is 8.42 Å². The maximum absolute atomic E-state index is 11.4. The van der Waals surface area contributed by atoms with E-state index in [1.807, 2.05) is 7.05 Å². The van der Waals surface area contributed by atoms with Gasteiger partial charge in [0.15, 0.2) is 0 Å². The lowest BCUT2D eigenvalue weighted by Gasteiger charge is -2.23. The third-order valence-electron chi connectivity index (χ3n) is 3.69. The Balaban J connectivity index is 2.21. The van der Waals surface area contributed by atoms with Gasteiger partial charge >= 0.3 is 0 Å². The number of rotatable bonds is 4. The molecule has 19 heavy (non-hydrogen) atoms. The van der Waals surface area contributed by atoms with Crippen molar-refractivity contribution in [3.05, 3.63) is 18.2 Å². The van der Waals surface area contributed by atoms with Gasteiger partial charge in [-0.25, -0.2) is 13.6 Å². The van der Waals surface area contributed by atoms with E-state index in [1.165, 1.54) is 31.7 Å². The molecule has 0 aromatic heterocycles. The van der Waals surface area contributed by atoms with Crippen LogP contribution < -0.4 is 15.8 Å². The van der Waals surface area contributed by atoms with Gasteiger partial charge in [0.05, 0.1) is 4.90 Å². The molecule has 0 radical (unpaired) electrons. The average Bonchev–Trinajstić information content (AvgIpc) is 2.79. The molecule has 5 nitrogen and oxygen atoms in total. The van der Waals surface area contributed by atoms with Crippen LogP contribution in [0.3, 0.4) is 0 Å². The Hall–Kier alpha value is -1.27. The number of nitrogens with zero attached hydrogens (tertiary/aromatic N) is 1. The maximum Gasteiger partial charge on any atom is 0.238 e. The Kier molecular flexibility index (Phi) is 4.01. The molecule has 0 spiro atoms. The zero-order valence-electron chi connectivity index (χ0n) is 11.2. The molecule has 0 heterocycles. The summed E-state index contributed by atoms with van der Waals surface area (Å²) < 4.78 is 22.8. The Labute approximate surface area is 114 Å². The number of anilines is 2. The third kappa shape index (κ3) is 3.61. The van der Waals surface area contributed by atoms with Crippen LogP contribution in [0, 0.1) is 5.92 Å². The minimum Gasteiger partial charge on any atom is -0.399 e. The van der Waals surface area contributed by atoms with Gasteiger partial charge < -0.3 is 10.6 Å². The van der Waals surface area contributed by atoms with Gasteiger partial charge in [0.1, 0.15) is 0 Å². The lowest BCUT2D eigenvalue weighted by molar-refractivity contribution is 0.547. The molecule has 106 valence electrons. The van der Waals surface area contributed by atoms with E-state index < -0.39 is 10.0 Å². The number of hydrogen-bond acceptors (Lipinski definition) is 4. The lowest BCUT2D eigenvalue weighted by atomic mass is 10.1. The Morgan fingerprint density at radius 2 is 1.89 bits per heavy atom. The highest BCUT2D eigenvalue weighted by Gasteiger charge is 2.18. The molecular weight excluding hydrogens is 262 g/mol. The molecule has 2 rings (SSSR count). The van der Waals surface area contributed by atoms with Crippen molar-refractivity contribution in [2.45, 2.75) is 30.6 Å². The summed E-state index contributed by atoms with van der Waals surface area (Å²) in [6.07, 6.45) is 5.07. The van der Waals surface area contributed by atoms with E-state index in [0.717, 1.165) is 12.2 Å². The first kappa shape index (κ1) is 14.1. The summed E-state index contributed by atoms with van der Waals surface area (Å²) in [6, 6.07) is 4.76. The van der Waals surface area contributed by atoms with Crippen molar-refractivity contribution in [2.24, 2.45) is 11.1 Å². The van der Waals surface area contributed by atoms with Gasteiger partial charge in [-0.15, -0.1) is 0 Å². The van der Waals surface area contributed by atoms with Crippen LogP contribution >= 0.6 is 0 Å². The van der Waals surface area contributed by atoms with Crippen molar-refractivity contribution in [3.63, 3.8) is 0 Å². The smallest absolute Gasteiger partial charge is 0.238 e.